The van der Waals surface area contributed by atoms with Crippen molar-refractivity contribution < 1.29 is 28.6 Å². The molecule has 0 N–H and O–H groups in total. The number of ether oxygens (including phenoxy) is 3. The van der Waals surface area contributed by atoms with Crippen molar-refractivity contribution in [2.24, 2.45) is 0 Å². The van der Waals surface area contributed by atoms with Crippen LogP contribution in [0.2, 0.25) is 0 Å². The van der Waals surface area contributed by atoms with E-state index in [0.717, 1.165) is 122 Å². The highest BCUT2D eigenvalue weighted by molar-refractivity contribution is 5.71. The molecule has 0 heterocycles. The maximum atomic E-state index is 12.9. The first kappa shape index (κ1) is 75.3. The largest absolute Gasteiger partial charge is 0.462 e. The van der Waals surface area contributed by atoms with E-state index in [9.17, 15) is 14.4 Å². The highest BCUT2D eigenvalue weighted by Gasteiger charge is 2.19. The van der Waals surface area contributed by atoms with Crippen molar-refractivity contribution >= 4 is 17.9 Å². The number of carbonyl (C=O) groups excluding carboxylic acids is 3. The van der Waals surface area contributed by atoms with E-state index in [1.165, 1.54) is 167 Å². The first-order chi connectivity index (χ1) is 39.0. The van der Waals surface area contributed by atoms with E-state index in [2.05, 4.69) is 118 Å². The van der Waals surface area contributed by atoms with Gasteiger partial charge in [0.15, 0.2) is 6.10 Å². The molecule has 0 amide bonds. The van der Waals surface area contributed by atoms with Gasteiger partial charge in [-0.05, 0) is 83.5 Å². The Hall–Kier alpha value is -3.67. The fraction of sp³-hybridized carbons (Fsp3) is 0.740. The lowest BCUT2D eigenvalue weighted by Gasteiger charge is -2.18. The zero-order valence-corrected chi connectivity index (χ0v) is 52.1. The van der Waals surface area contributed by atoms with E-state index >= 15 is 0 Å². The summed E-state index contributed by atoms with van der Waals surface area (Å²) in [5, 5.41) is 0. The third-order valence-corrected chi connectivity index (χ3v) is 14.6. The van der Waals surface area contributed by atoms with Crippen molar-refractivity contribution in [3.63, 3.8) is 0 Å². The van der Waals surface area contributed by atoms with Gasteiger partial charge in [0.05, 0.1) is 0 Å². The Bertz CT molecular complexity index is 1540. The minimum Gasteiger partial charge on any atom is -0.462 e. The van der Waals surface area contributed by atoms with Crippen molar-refractivity contribution in [1.82, 2.24) is 0 Å². The monoisotopic (exact) mass is 1100 g/mol. The summed E-state index contributed by atoms with van der Waals surface area (Å²) in [6, 6.07) is 0. The molecule has 0 aromatic carbocycles. The molecular formula is C73H126O6. The predicted octanol–water partition coefficient (Wildman–Crippen LogP) is 23.2. The summed E-state index contributed by atoms with van der Waals surface area (Å²) < 4.78 is 16.9. The summed E-state index contributed by atoms with van der Waals surface area (Å²) in [6.07, 6.45) is 89.9. The third-order valence-electron chi connectivity index (χ3n) is 14.6. The van der Waals surface area contributed by atoms with Crippen LogP contribution in [0.25, 0.3) is 0 Å². The molecule has 6 heteroatoms. The normalized spacial score (nSPS) is 12.7. The highest BCUT2D eigenvalue weighted by atomic mass is 16.6. The smallest absolute Gasteiger partial charge is 0.306 e. The molecule has 0 radical (unpaired) electrons. The Labute approximate surface area is 489 Å². The van der Waals surface area contributed by atoms with Crippen molar-refractivity contribution in [2.45, 2.75) is 335 Å². The number of hydrogen-bond acceptors (Lipinski definition) is 6. The van der Waals surface area contributed by atoms with Gasteiger partial charge in [0.25, 0.3) is 0 Å². The minimum absolute atomic E-state index is 0.0809. The Morgan fingerprint density at radius 1 is 0.266 bits per heavy atom. The molecular weight excluding hydrogens is 973 g/mol. The summed E-state index contributed by atoms with van der Waals surface area (Å²) in [4.78, 5) is 38.4. The number of hydrogen-bond donors (Lipinski definition) is 0. The van der Waals surface area contributed by atoms with Gasteiger partial charge in [0.2, 0.25) is 0 Å². The first-order valence-electron chi connectivity index (χ1n) is 33.7. The SMILES string of the molecule is CC/C=C\C/C=C\C/C=C\C/C=C\C/C=C\C/C=C\C/C=C\C/C=C\CCCCCCC(=O)OCC(COC(=O)CCCCCCCCCCCCCCCCC)OC(=O)CCCCCCCCCCCCCCCCCCC. The molecule has 6 nitrogen and oxygen atoms in total. The van der Waals surface area contributed by atoms with Crippen LogP contribution >= 0.6 is 0 Å². The molecule has 0 aromatic rings. The van der Waals surface area contributed by atoms with Crippen LogP contribution in [0, 0.1) is 0 Å². The quantitative estimate of drug-likeness (QED) is 0.0261. The number of carbonyl (C=O) groups is 3. The summed E-state index contributed by atoms with van der Waals surface area (Å²) >= 11 is 0. The van der Waals surface area contributed by atoms with E-state index < -0.39 is 6.10 Å². The number of rotatable bonds is 61. The van der Waals surface area contributed by atoms with Crippen LogP contribution in [0.5, 0.6) is 0 Å². The van der Waals surface area contributed by atoms with Gasteiger partial charge in [-0.2, -0.15) is 0 Å². The second-order valence-corrected chi connectivity index (χ2v) is 22.4. The van der Waals surface area contributed by atoms with Crippen LogP contribution in [-0.4, -0.2) is 37.2 Å². The molecule has 0 aliphatic heterocycles. The van der Waals surface area contributed by atoms with E-state index in [4.69, 9.17) is 14.2 Å². The maximum absolute atomic E-state index is 12.9. The van der Waals surface area contributed by atoms with Crippen LogP contribution in [0.4, 0.5) is 0 Å². The summed E-state index contributed by atoms with van der Waals surface area (Å²) in [5.74, 6) is -0.890. The van der Waals surface area contributed by atoms with Crippen molar-refractivity contribution in [3.05, 3.63) is 97.2 Å². The van der Waals surface area contributed by atoms with Gasteiger partial charge >= 0.3 is 17.9 Å². The van der Waals surface area contributed by atoms with Gasteiger partial charge in [-0.25, -0.2) is 0 Å². The van der Waals surface area contributed by atoms with Gasteiger partial charge in [0.1, 0.15) is 13.2 Å². The minimum atomic E-state index is -0.787. The molecule has 0 saturated heterocycles. The molecule has 454 valence electrons. The predicted molar refractivity (Wildman–Crippen MR) is 344 cm³/mol. The lowest BCUT2D eigenvalue weighted by Crippen LogP contribution is -2.30. The van der Waals surface area contributed by atoms with Crippen LogP contribution in [-0.2, 0) is 28.6 Å². The van der Waals surface area contributed by atoms with Gasteiger partial charge in [-0.15, -0.1) is 0 Å². The van der Waals surface area contributed by atoms with Gasteiger partial charge in [-0.3, -0.25) is 14.4 Å². The Kier molecular flexibility index (Phi) is 63.7. The molecule has 0 aliphatic rings. The third kappa shape index (κ3) is 65.0. The fourth-order valence-electron chi connectivity index (χ4n) is 9.58. The number of allylic oxidation sites excluding steroid dienone is 16. The van der Waals surface area contributed by atoms with Crippen LogP contribution in [0.15, 0.2) is 97.2 Å². The molecule has 0 aliphatic carbocycles. The Balaban J connectivity index is 4.37. The maximum Gasteiger partial charge on any atom is 0.306 e. The van der Waals surface area contributed by atoms with Crippen LogP contribution in [0.3, 0.4) is 0 Å². The Morgan fingerprint density at radius 2 is 0.494 bits per heavy atom. The van der Waals surface area contributed by atoms with Crippen LogP contribution < -0.4 is 0 Å². The van der Waals surface area contributed by atoms with Crippen molar-refractivity contribution in [2.75, 3.05) is 13.2 Å². The van der Waals surface area contributed by atoms with Gasteiger partial charge < -0.3 is 14.2 Å². The molecule has 0 rings (SSSR count). The number of esters is 3. The fourth-order valence-corrected chi connectivity index (χ4v) is 9.58. The molecule has 79 heavy (non-hydrogen) atoms. The van der Waals surface area contributed by atoms with Gasteiger partial charge in [0, 0.05) is 19.3 Å². The zero-order valence-electron chi connectivity index (χ0n) is 52.1. The molecule has 0 bridgehead atoms. The van der Waals surface area contributed by atoms with E-state index in [1.807, 2.05) is 0 Å². The lowest BCUT2D eigenvalue weighted by atomic mass is 10.0. The molecule has 0 aromatic heterocycles. The zero-order chi connectivity index (χ0) is 57.1. The topological polar surface area (TPSA) is 78.9 Å². The number of unbranched alkanes of at least 4 members (excludes halogenated alkanes) is 34. The Morgan fingerprint density at radius 3 is 0.772 bits per heavy atom. The van der Waals surface area contributed by atoms with E-state index in [-0.39, 0.29) is 31.1 Å². The molecule has 0 fully saturated rings. The average Bonchev–Trinajstić information content (AvgIpc) is 3.45. The standard InChI is InChI=1S/C73H126O6/c1-4-7-10-13-16-19-22-25-28-30-31-32-33-34-35-36-37-38-39-40-41-43-45-48-51-54-57-60-63-66-72(75)78-69-70(68-77-71(74)65-62-59-56-53-50-47-44-27-24-21-18-15-12-9-6-3)79-73(76)67-64-61-58-55-52-49-46-42-29-26-23-20-17-14-11-8-5-2/h7,10,16,19,25,28,31-32,34-35,37-38,40-41,45,48,70H,4-6,8-9,11-15,17-18,20-24,26-27,29-30,33,36,39,42-44,46-47,49-69H2,1-3H3/b10-7-,19-16-,28-25-,32-31-,35-34-,38-37-,41-40-,48-45-. The molecule has 0 spiro atoms. The summed E-state index contributed by atoms with van der Waals surface area (Å²) in [5.41, 5.74) is 0. The molecule has 1 atom stereocenters. The van der Waals surface area contributed by atoms with E-state index in [0.29, 0.717) is 19.3 Å². The van der Waals surface area contributed by atoms with Crippen LogP contribution in [0.1, 0.15) is 329 Å². The second kappa shape index (κ2) is 66.8. The van der Waals surface area contributed by atoms with Crippen molar-refractivity contribution in [3.8, 4) is 0 Å². The second-order valence-electron chi connectivity index (χ2n) is 22.4. The lowest BCUT2D eigenvalue weighted by molar-refractivity contribution is -0.167. The first-order valence-corrected chi connectivity index (χ1v) is 33.7. The highest BCUT2D eigenvalue weighted by Crippen LogP contribution is 2.17. The van der Waals surface area contributed by atoms with Crippen molar-refractivity contribution in [1.29, 1.82) is 0 Å². The average molecular weight is 1100 g/mol. The van der Waals surface area contributed by atoms with Gasteiger partial charge in [-0.1, -0.05) is 323 Å². The molecule has 1 unspecified atom stereocenters. The summed E-state index contributed by atoms with van der Waals surface area (Å²) in [6.45, 7) is 6.55. The van der Waals surface area contributed by atoms with E-state index in [1.54, 1.807) is 0 Å². The summed E-state index contributed by atoms with van der Waals surface area (Å²) in [7, 11) is 0. The molecule has 0 saturated carbocycles.